The smallest absolute Gasteiger partial charge is 0.400 e. The molecule has 0 saturated heterocycles. The van der Waals surface area contributed by atoms with Crippen molar-refractivity contribution in [3.05, 3.63) is 83.3 Å². The fraction of sp³-hybridized carbons (Fsp3) is 0.130. The first-order valence-electron chi connectivity index (χ1n) is 9.82. The zero-order valence-corrected chi connectivity index (χ0v) is 18.1. The molecule has 0 aliphatic rings. The molecule has 0 aliphatic heterocycles. The number of ether oxygens (including phenoxy) is 3. The summed E-state index contributed by atoms with van der Waals surface area (Å²) in [7, 11) is 1.30. The molecule has 3 rings (SSSR count). The fourth-order valence-corrected chi connectivity index (χ4v) is 2.59. The van der Waals surface area contributed by atoms with Crippen LogP contribution in [0.1, 0.15) is 32.2 Å². The van der Waals surface area contributed by atoms with E-state index in [1.807, 2.05) is 0 Å². The van der Waals surface area contributed by atoms with Gasteiger partial charge in [-0.1, -0.05) is 5.16 Å². The van der Waals surface area contributed by atoms with Crippen molar-refractivity contribution in [2.24, 2.45) is 16.6 Å². The Morgan fingerprint density at radius 3 is 2.06 bits per heavy atom. The van der Waals surface area contributed by atoms with Crippen LogP contribution in [0.4, 0.5) is 0 Å². The van der Waals surface area contributed by atoms with Crippen LogP contribution in [0.2, 0.25) is 0 Å². The highest BCUT2D eigenvalue weighted by molar-refractivity contribution is 5.98. The van der Waals surface area contributed by atoms with Crippen LogP contribution in [0, 0.1) is 0 Å². The molecule has 4 N–H and O–H groups in total. The number of nitrogens with two attached hydrogens (primary N) is 2. The second-order valence-corrected chi connectivity index (χ2v) is 6.71. The summed E-state index contributed by atoms with van der Waals surface area (Å²) in [5, 5.41) is 3.61. The van der Waals surface area contributed by atoms with Crippen LogP contribution in [0.3, 0.4) is 0 Å². The molecule has 11 heteroatoms. The molecule has 11 nitrogen and oxygen atoms in total. The van der Waals surface area contributed by atoms with Gasteiger partial charge in [0.15, 0.2) is 12.4 Å². The van der Waals surface area contributed by atoms with E-state index in [-0.39, 0.29) is 24.8 Å². The van der Waals surface area contributed by atoms with Gasteiger partial charge in [0.25, 0.3) is 5.91 Å². The van der Waals surface area contributed by atoms with Crippen molar-refractivity contribution in [1.82, 2.24) is 0 Å². The van der Waals surface area contributed by atoms with E-state index in [9.17, 15) is 14.4 Å². The maximum atomic E-state index is 12.2. The highest BCUT2D eigenvalue weighted by atomic mass is 16.7. The first kappa shape index (κ1) is 23.9. The third-order valence-corrected chi connectivity index (χ3v) is 4.28. The third-order valence-electron chi connectivity index (χ3n) is 4.28. The lowest BCUT2D eigenvalue weighted by molar-refractivity contribution is -0.119. The first-order valence-corrected chi connectivity index (χ1v) is 9.82. The van der Waals surface area contributed by atoms with Crippen LogP contribution in [-0.4, -0.2) is 37.4 Å². The Balaban J connectivity index is 1.52. The summed E-state index contributed by atoms with van der Waals surface area (Å²) in [6, 6.07) is 15.6. The molecule has 3 aromatic rings. The average molecular weight is 467 g/mol. The van der Waals surface area contributed by atoms with Crippen molar-refractivity contribution in [2.75, 3.05) is 13.7 Å². The van der Waals surface area contributed by atoms with Gasteiger partial charge >= 0.3 is 11.9 Å². The second-order valence-electron chi connectivity index (χ2n) is 6.71. The van der Waals surface area contributed by atoms with E-state index >= 15 is 0 Å². The molecule has 176 valence electrons. The number of carbonyl (C=O) groups excluding carboxylic acids is 3. The van der Waals surface area contributed by atoms with Crippen molar-refractivity contribution in [1.29, 1.82) is 0 Å². The number of hydrogen-bond acceptors (Lipinski definition) is 9. The van der Waals surface area contributed by atoms with Gasteiger partial charge in [0.1, 0.15) is 23.9 Å². The number of amidine groups is 1. The average Bonchev–Trinajstić information content (AvgIpc) is 3.34. The van der Waals surface area contributed by atoms with E-state index in [0.29, 0.717) is 28.4 Å². The van der Waals surface area contributed by atoms with Gasteiger partial charge in [-0.15, -0.1) is 0 Å². The zero-order valence-electron chi connectivity index (χ0n) is 18.1. The monoisotopic (exact) mass is 467 g/mol. The minimum atomic E-state index is -0.849. The summed E-state index contributed by atoms with van der Waals surface area (Å²) in [4.78, 5) is 39.2. The summed E-state index contributed by atoms with van der Waals surface area (Å²) in [6.07, 6.45) is 0. The minimum absolute atomic E-state index is 0.0421. The van der Waals surface area contributed by atoms with Gasteiger partial charge in [-0.3, -0.25) is 4.79 Å². The van der Waals surface area contributed by atoms with Crippen molar-refractivity contribution in [3.63, 3.8) is 0 Å². The number of oxime groups is 1. The van der Waals surface area contributed by atoms with Crippen molar-refractivity contribution < 1.29 is 37.8 Å². The third kappa shape index (κ3) is 6.60. The topological polar surface area (TPSA) is 166 Å². The number of carbonyl (C=O) groups is 3. The number of esters is 1. The predicted octanol–water partition coefficient (Wildman–Crippen LogP) is 1.99. The Kier molecular flexibility index (Phi) is 7.84. The van der Waals surface area contributed by atoms with Crippen LogP contribution >= 0.6 is 0 Å². The number of furan rings is 1. The fourth-order valence-electron chi connectivity index (χ4n) is 2.59. The van der Waals surface area contributed by atoms with Gasteiger partial charge in [0.2, 0.25) is 5.76 Å². The number of nitrogens with zero attached hydrogens (tertiary/aromatic N) is 1. The maximum Gasteiger partial charge on any atom is 0.400 e. The number of benzene rings is 2. The van der Waals surface area contributed by atoms with Crippen molar-refractivity contribution in [3.8, 4) is 11.5 Å². The lowest BCUT2D eigenvalue weighted by Crippen LogP contribution is -2.20. The largest absolute Gasteiger partial charge is 0.486 e. The van der Waals surface area contributed by atoms with Crippen LogP contribution in [0.15, 0.2) is 70.2 Å². The Hall–Kier alpha value is -4.80. The summed E-state index contributed by atoms with van der Waals surface area (Å²) >= 11 is 0. The predicted molar refractivity (Wildman–Crippen MR) is 118 cm³/mol. The number of hydrogen-bond donors (Lipinski definition) is 2. The molecule has 0 unspecified atom stereocenters. The van der Waals surface area contributed by atoms with Crippen molar-refractivity contribution >= 4 is 23.7 Å². The normalized spacial score (nSPS) is 10.9. The van der Waals surface area contributed by atoms with E-state index < -0.39 is 17.8 Å². The summed E-state index contributed by atoms with van der Waals surface area (Å²) < 4.78 is 20.8. The molecular weight excluding hydrogens is 446 g/mol. The first-order chi connectivity index (χ1) is 16.4. The summed E-state index contributed by atoms with van der Waals surface area (Å²) in [6.45, 7) is -0.210. The SMILES string of the molecule is COC(=O)c1ccc(OCc2ccc(C(=O)O/N=C(\N)c3ccc(OCC(N)=O)cc3)o2)cc1. The molecule has 2 aromatic carbocycles. The van der Waals surface area contributed by atoms with E-state index in [0.717, 1.165) is 0 Å². The highest BCUT2D eigenvalue weighted by Gasteiger charge is 2.14. The number of rotatable bonds is 10. The lowest BCUT2D eigenvalue weighted by Gasteiger charge is -2.05. The van der Waals surface area contributed by atoms with Crippen LogP contribution in [0.25, 0.3) is 0 Å². The summed E-state index contributed by atoms with van der Waals surface area (Å²) in [5.74, 6) is -0.764. The molecule has 0 fully saturated rings. The van der Waals surface area contributed by atoms with Gasteiger partial charge in [-0.05, 0) is 60.7 Å². The van der Waals surface area contributed by atoms with Crippen molar-refractivity contribution in [2.45, 2.75) is 6.61 Å². The van der Waals surface area contributed by atoms with E-state index in [4.69, 9.17) is 30.2 Å². The molecule has 34 heavy (non-hydrogen) atoms. The quantitative estimate of drug-likeness (QED) is 0.149. The molecule has 1 aromatic heterocycles. The Morgan fingerprint density at radius 1 is 0.824 bits per heavy atom. The highest BCUT2D eigenvalue weighted by Crippen LogP contribution is 2.17. The molecule has 0 atom stereocenters. The van der Waals surface area contributed by atoms with E-state index in [1.165, 1.54) is 13.2 Å². The minimum Gasteiger partial charge on any atom is -0.486 e. The standard InChI is InChI=1S/C23H21N3O8/c1-30-22(28)15-4-8-16(9-5-15)31-12-18-10-11-19(33-18)23(29)34-26-21(25)14-2-6-17(7-3-14)32-13-20(24)27/h2-11H,12-13H2,1H3,(H2,24,27)(H2,25,26). The van der Waals surface area contributed by atoms with Gasteiger partial charge in [0, 0.05) is 5.56 Å². The Bertz CT molecular complexity index is 1180. The molecular formula is C23H21N3O8. The lowest BCUT2D eigenvalue weighted by atomic mass is 10.2. The van der Waals surface area contributed by atoms with Crippen LogP contribution in [-0.2, 0) is 21.0 Å². The zero-order chi connectivity index (χ0) is 24.5. The van der Waals surface area contributed by atoms with Crippen LogP contribution < -0.4 is 20.9 Å². The molecule has 0 bridgehead atoms. The molecule has 0 spiro atoms. The van der Waals surface area contributed by atoms with E-state index in [1.54, 1.807) is 54.6 Å². The second kappa shape index (κ2) is 11.2. The number of amides is 1. The molecule has 0 aliphatic carbocycles. The Morgan fingerprint density at radius 2 is 1.44 bits per heavy atom. The number of methoxy groups -OCH3 is 1. The van der Waals surface area contributed by atoms with E-state index in [2.05, 4.69) is 9.89 Å². The van der Waals surface area contributed by atoms with Gasteiger partial charge in [0.05, 0.1) is 12.7 Å². The molecule has 0 saturated carbocycles. The Labute approximate surface area is 193 Å². The van der Waals surface area contributed by atoms with Crippen LogP contribution in [0.5, 0.6) is 11.5 Å². The maximum absolute atomic E-state index is 12.2. The molecule has 1 heterocycles. The van der Waals surface area contributed by atoms with Gasteiger partial charge < -0.3 is 34.9 Å². The van der Waals surface area contributed by atoms with Gasteiger partial charge in [-0.2, -0.15) is 0 Å². The number of primary amides is 1. The van der Waals surface area contributed by atoms with Gasteiger partial charge in [-0.25, -0.2) is 9.59 Å². The summed E-state index contributed by atoms with van der Waals surface area (Å²) in [5.41, 5.74) is 11.7. The molecule has 1 amide bonds. The molecule has 0 radical (unpaired) electrons.